The number of halogens is 3. The monoisotopic (exact) mass is 407 g/mol. The first-order chi connectivity index (χ1) is 9.16. The van der Waals surface area contributed by atoms with E-state index in [1.165, 1.54) is 0 Å². The highest BCUT2D eigenvalue weighted by molar-refractivity contribution is 9.11. The Morgan fingerprint density at radius 3 is 2.68 bits per heavy atom. The predicted molar refractivity (Wildman–Crippen MR) is 81.6 cm³/mol. The van der Waals surface area contributed by atoms with Gasteiger partial charge in [0.25, 0.3) is 0 Å². The summed E-state index contributed by atoms with van der Waals surface area (Å²) in [4.78, 5) is 4.11. The Balaban J connectivity index is 1.70. The second kappa shape index (κ2) is 7.26. The molecule has 0 aliphatic rings. The van der Waals surface area contributed by atoms with Crippen LogP contribution in [0.4, 0.5) is 0 Å². The van der Waals surface area contributed by atoms with Gasteiger partial charge in [0, 0.05) is 6.54 Å². The van der Waals surface area contributed by atoms with Crippen molar-refractivity contribution >= 4 is 43.5 Å². The highest BCUT2D eigenvalue weighted by Crippen LogP contribution is 2.23. The number of unbranched alkanes of at least 4 members (excludes halogenated alkanes) is 1. The van der Waals surface area contributed by atoms with Crippen LogP contribution in [0.2, 0.25) is 5.02 Å². The third kappa shape index (κ3) is 4.47. The average molecular weight is 410 g/mol. The molecular formula is C12H12Br2ClN3O. The van der Waals surface area contributed by atoms with Crippen molar-refractivity contribution in [2.75, 3.05) is 6.61 Å². The number of hydrogen-bond donors (Lipinski definition) is 0. The Kier molecular flexibility index (Phi) is 5.66. The molecule has 0 radical (unpaired) electrons. The zero-order chi connectivity index (χ0) is 13.7. The molecule has 0 aliphatic carbocycles. The Morgan fingerprint density at radius 1 is 1.21 bits per heavy atom. The van der Waals surface area contributed by atoms with Crippen LogP contribution in [-0.2, 0) is 6.54 Å². The van der Waals surface area contributed by atoms with Crippen molar-refractivity contribution in [3.63, 3.8) is 0 Å². The molecule has 0 saturated carbocycles. The van der Waals surface area contributed by atoms with E-state index in [0.29, 0.717) is 16.4 Å². The number of aromatic nitrogens is 3. The van der Waals surface area contributed by atoms with E-state index in [0.717, 1.165) is 29.9 Å². The van der Waals surface area contributed by atoms with Gasteiger partial charge in [-0.1, -0.05) is 23.7 Å². The molecule has 2 rings (SSSR count). The first-order valence-electron chi connectivity index (χ1n) is 5.80. The Morgan fingerprint density at radius 2 is 2.00 bits per heavy atom. The van der Waals surface area contributed by atoms with Crippen LogP contribution in [0.25, 0.3) is 0 Å². The molecule has 0 saturated heterocycles. The molecule has 0 bridgehead atoms. The molecule has 0 atom stereocenters. The maximum Gasteiger partial charge on any atom is 0.218 e. The molecule has 1 heterocycles. The molecule has 0 spiro atoms. The maximum atomic E-state index is 6.00. The van der Waals surface area contributed by atoms with E-state index in [-0.39, 0.29) is 0 Å². The number of benzene rings is 1. The van der Waals surface area contributed by atoms with E-state index in [4.69, 9.17) is 16.3 Å². The summed E-state index contributed by atoms with van der Waals surface area (Å²) in [6.45, 7) is 1.43. The number of para-hydroxylation sites is 1. The first-order valence-corrected chi connectivity index (χ1v) is 7.76. The van der Waals surface area contributed by atoms with Crippen molar-refractivity contribution in [2.45, 2.75) is 19.4 Å². The van der Waals surface area contributed by atoms with E-state index >= 15 is 0 Å². The molecule has 1 aromatic carbocycles. The molecule has 19 heavy (non-hydrogen) atoms. The van der Waals surface area contributed by atoms with Gasteiger partial charge in [0.1, 0.15) is 5.75 Å². The molecule has 0 unspecified atom stereocenters. The van der Waals surface area contributed by atoms with Crippen molar-refractivity contribution in [1.82, 2.24) is 14.8 Å². The fourth-order valence-corrected chi connectivity index (χ4v) is 2.76. The van der Waals surface area contributed by atoms with Gasteiger partial charge in [-0.3, -0.25) is 0 Å². The van der Waals surface area contributed by atoms with Crippen LogP contribution >= 0.6 is 43.5 Å². The van der Waals surface area contributed by atoms with E-state index in [2.05, 4.69) is 41.9 Å². The molecule has 7 heteroatoms. The molecule has 102 valence electrons. The number of ether oxygens (including phenoxy) is 1. The highest BCUT2D eigenvalue weighted by atomic mass is 79.9. The van der Waals surface area contributed by atoms with E-state index in [1.54, 1.807) is 4.68 Å². The van der Waals surface area contributed by atoms with Crippen LogP contribution in [0.1, 0.15) is 12.8 Å². The third-order valence-electron chi connectivity index (χ3n) is 2.46. The summed E-state index contributed by atoms with van der Waals surface area (Å²) in [5.41, 5.74) is 0. The van der Waals surface area contributed by atoms with Crippen LogP contribution in [0.15, 0.2) is 33.7 Å². The van der Waals surface area contributed by atoms with Gasteiger partial charge in [-0.05, 0) is 56.8 Å². The molecule has 0 fully saturated rings. The van der Waals surface area contributed by atoms with Gasteiger partial charge in [0.05, 0.1) is 11.6 Å². The molecule has 0 aliphatic heterocycles. The summed E-state index contributed by atoms with van der Waals surface area (Å²) < 4.78 is 8.73. The largest absolute Gasteiger partial charge is 0.492 e. The zero-order valence-corrected chi connectivity index (χ0v) is 13.9. The molecule has 2 aromatic rings. The minimum atomic E-state index is 0.590. The fraction of sp³-hybridized carbons (Fsp3) is 0.333. The fourth-order valence-electron chi connectivity index (χ4n) is 1.55. The van der Waals surface area contributed by atoms with Crippen LogP contribution in [0, 0.1) is 0 Å². The van der Waals surface area contributed by atoms with Crippen molar-refractivity contribution in [1.29, 1.82) is 0 Å². The summed E-state index contributed by atoms with van der Waals surface area (Å²) in [5.74, 6) is 0.730. The second-order valence-electron chi connectivity index (χ2n) is 3.86. The lowest BCUT2D eigenvalue weighted by Crippen LogP contribution is -2.04. The lowest BCUT2D eigenvalue weighted by Gasteiger charge is -2.07. The molecule has 4 nitrogen and oxygen atoms in total. The topological polar surface area (TPSA) is 39.9 Å². The van der Waals surface area contributed by atoms with Gasteiger partial charge >= 0.3 is 0 Å². The van der Waals surface area contributed by atoms with E-state index in [1.807, 2.05) is 24.3 Å². The summed E-state index contributed by atoms with van der Waals surface area (Å²) in [6, 6.07) is 7.48. The lowest BCUT2D eigenvalue weighted by atomic mass is 10.3. The zero-order valence-electron chi connectivity index (χ0n) is 10.0. The molecular weight excluding hydrogens is 397 g/mol. The van der Waals surface area contributed by atoms with Gasteiger partial charge in [-0.25, -0.2) is 4.68 Å². The number of hydrogen-bond acceptors (Lipinski definition) is 3. The summed E-state index contributed by atoms with van der Waals surface area (Å²) in [7, 11) is 0. The molecule has 0 amide bonds. The summed E-state index contributed by atoms with van der Waals surface area (Å²) >= 11 is 12.6. The molecule has 1 aromatic heterocycles. The standard InChI is InChI=1S/C12H12Br2ClN3O/c13-11-16-12(14)18(17-11)7-3-4-8-19-10-6-2-1-5-9(10)15/h1-2,5-6H,3-4,7-8H2. The van der Waals surface area contributed by atoms with Gasteiger partial charge in [0.15, 0.2) is 4.73 Å². The minimum Gasteiger partial charge on any atom is -0.492 e. The number of rotatable bonds is 6. The average Bonchev–Trinajstić information content (AvgIpc) is 2.70. The van der Waals surface area contributed by atoms with Gasteiger partial charge in [-0.2, -0.15) is 4.98 Å². The van der Waals surface area contributed by atoms with Crippen LogP contribution in [0.3, 0.4) is 0 Å². The van der Waals surface area contributed by atoms with Crippen molar-refractivity contribution in [3.05, 3.63) is 38.8 Å². The number of aryl methyl sites for hydroxylation is 1. The van der Waals surface area contributed by atoms with Crippen LogP contribution in [-0.4, -0.2) is 21.4 Å². The first kappa shape index (κ1) is 14.8. The Labute approximate surface area is 133 Å². The van der Waals surface area contributed by atoms with Crippen molar-refractivity contribution < 1.29 is 4.74 Å². The second-order valence-corrected chi connectivity index (χ2v) is 5.68. The van der Waals surface area contributed by atoms with Gasteiger partial charge < -0.3 is 4.74 Å². The minimum absolute atomic E-state index is 0.590. The Bertz CT molecular complexity index is 548. The van der Waals surface area contributed by atoms with Gasteiger partial charge in [0.2, 0.25) is 4.73 Å². The lowest BCUT2D eigenvalue weighted by molar-refractivity contribution is 0.301. The van der Waals surface area contributed by atoms with Crippen LogP contribution < -0.4 is 4.74 Å². The van der Waals surface area contributed by atoms with E-state index < -0.39 is 0 Å². The normalized spacial score (nSPS) is 10.7. The third-order valence-corrected chi connectivity index (χ3v) is 3.69. The predicted octanol–water partition coefficient (Wildman–Crippen LogP) is 4.32. The van der Waals surface area contributed by atoms with E-state index in [9.17, 15) is 0 Å². The quantitative estimate of drug-likeness (QED) is 0.668. The highest BCUT2D eigenvalue weighted by Gasteiger charge is 2.04. The Hall–Kier alpha value is -0.590. The smallest absolute Gasteiger partial charge is 0.218 e. The summed E-state index contributed by atoms with van der Waals surface area (Å²) in [6.07, 6.45) is 1.88. The SMILES string of the molecule is Clc1ccccc1OCCCCn1nc(Br)nc1Br. The van der Waals surface area contributed by atoms with Crippen molar-refractivity contribution in [3.8, 4) is 5.75 Å². The summed E-state index contributed by atoms with van der Waals surface area (Å²) in [5, 5.41) is 4.84. The van der Waals surface area contributed by atoms with Crippen molar-refractivity contribution in [2.24, 2.45) is 0 Å². The van der Waals surface area contributed by atoms with Gasteiger partial charge in [-0.15, -0.1) is 5.10 Å². The van der Waals surface area contributed by atoms with Crippen LogP contribution in [0.5, 0.6) is 5.75 Å². The maximum absolute atomic E-state index is 6.00. The molecule has 0 N–H and O–H groups in total. The number of nitrogens with zero attached hydrogens (tertiary/aromatic N) is 3.